The highest BCUT2D eigenvalue weighted by molar-refractivity contribution is 6.01. The van der Waals surface area contributed by atoms with Crippen LogP contribution in [-0.4, -0.2) is 28.1 Å². The van der Waals surface area contributed by atoms with Gasteiger partial charge in [-0.25, -0.2) is 0 Å². The lowest BCUT2D eigenvalue weighted by Crippen LogP contribution is -2.30. The molecule has 2 amide bonds. The smallest absolute Gasteiger partial charge is 0.268 e. The number of hydrogen-bond acceptors (Lipinski definition) is 5. The third-order valence-electron chi connectivity index (χ3n) is 5.53. The molecule has 0 bridgehead atoms. The summed E-state index contributed by atoms with van der Waals surface area (Å²) in [5.41, 5.74) is 2.65. The lowest BCUT2D eigenvalue weighted by molar-refractivity contribution is 0.0773. The molecule has 4 rings (SSSR count). The summed E-state index contributed by atoms with van der Waals surface area (Å²) in [7, 11) is 0. The summed E-state index contributed by atoms with van der Waals surface area (Å²) in [6.45, 7) is 5.14. The molecule has 31 heavy (non-hydrogen) atoms. The second-order valence-electron chi connectivity index (χ2n) is 7.55. The fourth-order valence-corrected chi connectivity index (χ4v) is 3.84. The molecule has 1 aliphatic heterocycles. The number of hydrogen-bond donors (Lipinski definition) is 2. The zero-order valence-corrected chi connectivity index (χ0v) is 17.6. The van der Waals surface area contributed by atoms with Gasteiger partial charge in [-0.3, -0.25) is 9.59 Å². The molecular formula is C23H26N4O4. The first-order valence-electron chi connectivity index (χ1n) is 10.5. The Hall–Kier alpha value is -3.39. The average molecular weight is 422 g/mol. The van der Waals surface area contributed by atoms with Crippen LogP contribution in [0.5, 0.6) is 0 Å². The van der Waals surface area contributed by atoms with Crippen molar-refractivity contribution in [1.82, 2.24) is 20.4 Å². The molecule has 0 fully saturated rings. The van der Waals surface area contributed by atoms with Gasteiger partial charge in [0.15, 0.2) is 5.76 Å². The maximum Gasteiger partial charge on any atom is 0.268 e. The Morgan fingerprint density at radius 2 is 1.97 bits per heavy atom. The van der Waals surface area contributed by atoms with Crippen LogP contribution in [-0.2, 0) is 17.9 Å². The number of aromatic nitrogens is 2. The molecule has 3 heterocycles. The molecule has 0 radical (unpaired) electrons. The van der Waals surface area contributed by atoms with Crippen LogP contribution in [0.15, 0.2) is 53.2 Å². The van der Waals surface area contributed by atoms with Crippen LogP contribution >= 0.6 is 0 Å². The number of nitrogens with one attached hydrogen (secondary N) is 2. The minimum absolute atomic E-state index is 0.113. The van der Waals surface area contributed by atoms with Crippen molar-refractivity contribution in [2.45, 2.75) is 45.5 Å². The van der Waals surface area contributed by atoms with Gasteiger partial charge in [-0.1, -0.05) is 42.4 Å². The van der Waals surface area contributed by atoms with Gasteiger partial charge in [0.05, 0.1) is 42.8 Å². The van der Waals surface area contributed by atoms with Gasteiger partial charge in [-0.2, -0.15) is 0 Å². The van der Waals surface area contributed by atoms with Crippen LogP contribution in [0.2, 0.25) is 0 Å². The maximum absolute atomic E-state index is 13.2. The summed E-state index contributed by atoms with van der Waals surface area (Å²) < 4.78 is 12.6. The van der Waals surface area contributed by atoms with Crippen LogP contribution in [0.3, 0.4) is 0 Å². The quantitative estimate of drug-likeness (QED) is 0.608. The van der Waals surface area contributed by atoms with E-state index < -0.39 is 0 Å². The molecule has 0 saturated heterocycles. The van der Waals surface area contributed by atoms with Gasteiger partial charge in [0, 0.05) is 12.6 Å². The summed E-state index contributed by atoms with van der Waals surface area (Å²) >= 11 is 0. The zero-order valence-electron chi connectivity index (χ0n) is 17.6. The van der Waals surface area contributed by atoms with Crippen LogP contribution in [0.1, 0.15) is 70.2 Å². The third kappa shape index (κ3) is 4.39. The number of fused-ring (bicyclic) bond motifs is 1. The summed E-state index contributed by atoms with van der Waals surface area (Å²) in [5.74, 6) is 0.0715. The average Bonchev–Trinajstić information content (AvgIpc) is 3.46. The van der Waals surface area contributed by atoms with E-state index in [9.17, 15) is 9.59 Å². The minimum atomic E-state index is -0.346. The lowest BCUT2D eigenvalue weighted by atomic mass is 10.0. The molecule has 2 N–H and O–H groups in total. The molecule has 1 aromatic carbocycles. The van der Waals surface area contributed by atoms with Gasteiger partial charge in [0.2, 0.25) is 0 Å². The molecule has 0 saturated carbocycles. The summed E-state index contributed by atoms with van der Waals surface area (Å²) in [6.07, 6.45) is 2.29. The molecule has 162 valence electrons. The molecule has 1 aliphatic rings. The van der Waals surface area contributed by atoms with E-state index in [0.717, 1.165) is 12.0 Å². The van der Waals surface area contributed by atoms with E-state index in [1.165, 1.54) is 6.20 Å². The zero-order chi connectivity index (χ0) is 21.8. The Labute approximate surface area is 180 Å². The molecule has 0 aliphatic carbocycles. The first-order valence-corrected chi connectivity index (χ1v) is 10.5. The molecular weight excluding hydrogens is 396 g/mol. The van der Waals surface area contributed by atoms with Crippen molar-refractivity contribution in [3.63, 3.8) is 0 Å². The number of rotatable bonds is 7. The van der Waals surface area contributed by atoms with Crippen molar-refractivity contribution in [2.24, 2.45) is 0 Å². The van der Waals surface area contributed by atoms with E-state index in [1.54, 1.807) is 12.1 Å². The first kappa shape index (κ1) is 20.9. The number of ether oxygens (including phenoxy) is 1. The van der Waals surface area contributed by atoms with Gasteiger partial charge in [-0.05, 0) is 25.0 Å². The van der Waals surface area contributed by atoms with Crippen molar-refractivity contribution in [3.8, 4) is 0 Å². The third-order valence-corrected chi connectivity index (χ3v) is 5.53. The van der Waals surface area contributed by atoms with E-state index in [4.69, 9.17) is 9.26 Å². The molecule has 2 unspecified atom stereocenters. The lowest BCUT2D eigenvalue weighted by Gasteiger charge is -2.21. The largest absolute Gasteiger partial charge is 0.373 e. The van der Waals surface area contributed by atoms with E-state index in [0.29, 0.717) is 35.9 Å². The van der Waals surface area contributed by atoms with Crippen molar-refractivity contribution in [1.29, 1.82) is 0 Å². The van der Waals surface area contributed by atoms with E-state index >= 15 is 0 Å². The second-order valence-corrected chi connectivity index (χ2v) is 7.55. The van der Waals surface area contributed by atoms with Crippen molar-refractivity contribution in [2.75, 3.05) is 6.61 Å². The Bertz CT molecular complexity index is 1040. The topological polar surface area (TPSA) is 98.4 Å². The fourth-order valence-electron chi connectivity index (χ4n) is 3.84. The predicted molar refractivity (Wildman–Crippen MR) is 113 cm³/mol. The van der Waals surface area contributed by atoms with E-state index in [1.807, 2.05) is 48.7 Å². The summed E-state index contributed by atoms with van der Waals surface area (Å²) in [5, 5.41) is 9.70. The van der Waals surface area contributed by atoms with Crippen LogP contribution < -0.4 is 10.6 Å². The van der Waals surface area contributed by atoms with Crippen molar-refractivity contribution < 1.29 is 18.8 Å². The van der Waals surface area contributed by atoms with E-state index in [2.05, 4.69) is 15.8 Å². The number of carbonyl (C=O) groups is 2. The molecule has 8 heteroatoms. The van der Waals surface area contributed by atoms with Crippen LogP contribution in [0, 0.1) is 0 Å². The normalized spacial score (nSPS) is 15.0. The monoisotopic (exact) mass is 422 g/mol. The number of nitrogens with zero attached hydrogens (tertiary/aromatic N) is 2. The minimum Gasteiger partial charge on any atom is -0.373 e. The van der Waals surface area contributed by atoms with Gasteiger partial charge < -0.3 is 24.5 Å². The fraction of sp³-hybridized carbons (Fsp3) is 0.348. The molecule has 2 atom stereocenters. The Morgan fingerprint density at radius 1 is 1.16 bits per heavy atom. The van der Waals surface area contributed by atoms with Gasteiger partial charge in [0.25, 0.3) is 11.8 Å². The molecule has 3 aromatic rings. The standard InChI is InChI=1S/C23H26N4O4/c1-3-18(16-7-5-4-6-8-16)26-22(28)17-13-19(27-11-12-30-14-20(17)27)23(29)25-15(2)21-9-10-24-31-21/h4-10,13,15,18H,3,11-12,14H2,1-2H3,(H,25,29)(H,26,28). The molecule has 0 spiro atoms. The summed E-state index contributed by atoms with van der Waals surface area (Å²) in [4.78, 5) is 26.2. The van der Waals surface area contributed by atoms with Crippen LogP contribution in [0.25, 0.3) is 0 Å². The SMILES string of the molecule is CCC(NC(=O)c1cc(C(=O)NC(C)c2ccno2)n2c1COCC2)c1ccccc1. The first-order chi connectivity index (χ1) is 15.1. The highest BCUT2D eigenvalue weighted by Gasteiger charge is 2.28. The summed E-state index contributed by atoms with van der Waals surface area (Å²) in [6, 6.07) is 12.8. The van der Waals surface area contributed by atoms with Crippen molar-refractivity contribution in [3.05, 3.63) is 76.9 Å². The predicted octanol–water partition coefficient (Wildman–Crippen LogP) is 3.38. The Kier molecular flexibility index (Phi) is 6.18. The number of benzene rings is 1. The molecule has 2 aromatic heterocycles. The highest BCUT2D eigenvalue weighted by atomic mass is 16.5. The second kappa shape index (κ2) is 9.18. The van der Waals surface area contributed by atoms with Gasteiger partial charge >= 0.3 is 0 Å². The number of amides is 2. The number of carbonyl (C=O) groups excluding carboxylic acids is 2. The van der Waals surface area contributed by atoms with Crippen molar-refractivity contribution >= 4 is 11.8 Å². The Balaban J connectivity index is 1.57. The highest BCUT2D eigenvalue weighted by Crippen LogP contribution is 2.24. The molecule has 8 nitrogen and oxygen atoms in total. The maximum atomic E-state index is 13.2. The van der Waals surface area contributed by atoms with E-state index in [-0.39, 0.29) is 30.5 Å². The van der Waals surface area contributed by atoms with Crippen LogP contribution in [0.4, 0.5) is 0 Å². The van der Waals surface area contributed by atoms with Gasteiger partial charge in [-0.15, -0.1) is 0 Å². The van der Waals surface area contributed by atoms with Gasteiger partial charge in [0.1, 0.15) is 5.69 Å². The Morgan fingerprint density at radius 3 is 2.68 bits per heavy atom.